The molecule has 0 bridgehead atoms. The monoisotopic (exact) mass is 248 g/mol. The molecule has 1 fully saturated rings. The number of pyridine rings is 1. The van der Waals surface area contributed by atoms with Crippen molar-refractivity contribution in [3.05, 3.63) is 23.9 Å². The highest BCUT2D eigenvalue weighted by Crippen LogP contribution is 2.14. The van der Waals surface area contributed by atoms with E-state index in [1.807, 2.05) is 0 Å². The molecule has 5 heteroatoms. The quantitative estimate of drug-likeness (QED) is 0.725. The van der Waals surface area contributed by atoms with E-state index in [1.54, 1.807) is 12.1 Å². The van der Waals surface area contributed by atoms with E-state index in [1.165, 1.54) is 19.0 Å². The van der Waals surface area contributed by atoms with Crippen molar-refractivity contribution >= 4 is 11.7 Å². The fraction of sp³-hybridized carbons (Fsp3) is 0.538. The molecule has 2 rings (SSSR count). The van der Waals surface area contributed by atoms with Crippen LogP contribution in [0.4, 0.5) is 5.82 Å². The van der Waals surface area contributed by atoms with E-state index in [0.29, 0.717) is 5.56 Å². The van der Waals surface area contributed by atoms with Crippen molar-refractivity contribution in [2.24, 2.45) is 11.7 Å². The number of carbonyl (C=O) groups is 1. The number of piperidine rings is 1. The average Bonchev–Trinajstić information content (AvgIpc) is 2.40. The number of primary amides is 1. The number of amides is 1. The van der Waals surface area contributed by atoms with Crippen LogP contribution in [-0.2, 0) is 0 Å². The van der Waals surface area contributed by atoms with Crippen LogP contribution < -0.4 is 16.4 Å². The minimum absolute atomic E-state index is 0.442. The van der Waals surface area contributed by atoms with Crippen molar-refractivity contribution in [2.75, 3.05) is 25.0 Å². The van der Waals surface area contributed by atoms with Crippen LogP contribution in [0.15, 0.2) is 18.3 Å². The number of nitrogens with one attached hydrogen (secondary N) is 2. The topological polar surface area (TPSA) is 80.0 Å². The first kappa shape index (κ1) is 12.8. The molecule has 1 aromatic heterocycles. The van der Waals surface area contributed by atoms with Crippen molar-refractivity contribution in [1.82, 2.24) is 10.3 Å². The van der Waals surface area contributed by atoms with Gasteiger partial charge in [0.25, 0.3) is 0 Å². The number of anilines is 1. The molecule has 1 aromatic rings. The van der Waals surface area contributed by atoms with Crippen LogP contribution >= 0.6 is 0 Å². The Balaban J connectivity index is 1.74. The van der Waals surface area contributed by atoms with E-state index in [2.05, 4.69) is 15.6 Å². The molecule has 0 spiro atoms. The van der Waals surface area contributed by atoms with Crippen molar-refractivity contribution in [3.63, 3.8) is 0 Å². The molecule has 0 aliphatic carbocycles. The van der Waals surface area contributed by atoms with Gasteiger partial charge >= 0.3 is 0 Å². The molecule has 4 N–H and O–H groups in total. The number of hydrogen-bond acceptors (Lipinski definition) is 4. The maximum Gasteiger partial charge on any atom is 0.250 e. The first-order chi connectivity index (χ1) is 8.75. The normalized spacial score (nSPS) is 19.4. The second kappa shape index (κ2) is 6.35. The molecular formula is C13H20N4O. The highest BCUT2D eigenvalue weighted by Gasteiger charge is 2.12. The predicted molar refractivity (Wildman–Crippen MR) is 71.5 cm³/mol. The van der Waals surface area contributed by atoms with E-state index < -0.39 is 5.91 Å². The summed E-state index contributed by atoms with van der Waals surface area (Å²) in [5.74, 6) is 1.11. The van der Waals surface area contributed by atoms with E-state index >= 15 is 0 Å². The largest absolute Gasteiger partial charge is 0.370 e. The number of nitrogens with zero attached hydrogens (tertiary/aromatic N) is 1. The molecule has 18 heavy (non-hydrogen) atoms. The standard InChI is InChI=1S/C13H20N4O/c14-13(18)11-3-4-12(17-9-11)16-7-5-10-2-1-6-15-8-10/h3-4,9-10,15H,1-2,5-8H2,(H2,14,18)(H,16,17). The van der Waals surface area contributed by atoms with Gasteiger partial charge in [-0.3, -0.25) is 4.79 Å². The van der Waals surface area contributed by atoms with Gasteiger partial charge in [-0.05, 0) is 50.4 Å². The van der Waals surface area contributed by atoms with Gasteiger partial charge in [0.15, 0.2) is 0 Å². The maximum absolute atomic E-state index is 10.9. The molecule has 0 radical (unpaired) electrons. The van der Waals surface area contributed by atoms with Gasteiger partial charge < -0.3 is 16.4 Å². The molecule has 5 nitrogen and oxygen atoms in total. The van der Waals surface area contributed by atoms with Crippen LogP contribution in [0.1, 0.15) is 29.6 Å². The van der Waals surface area contributed by atoms with Gasteiger partial charge in [-0.2, -0.15) is 0 Å². The Morgan fingerprint density at radius 1 is 1.56 bits per heavy atom. The van der Waals surface area contributed by atoms with E-state index in [9.17, 15) is 4.79 Å². The Labute approximate surface area is 107 Å². The minimum atomic E-state index is -0.442. The second-order valence-electron chi connectivity index (χ2n) is 4.72. The van der Waals surface area contributed by atoms with E-state index in [-0.39, 0.29) is 0 Å². The third kappa shape index (κ3) is 3.70. The van der Waals surface area contributed by atoms with Gasteiger partial charge in [-0.1, -0.05) is 0 Å². The number of aromatic nitrogens is 1. The second-order valence-corrected chi connectivity index (χ2v) is 4.72. The smallest absolute Gasteiger partial charge is 0.250 e. The maximum atomic E-state index is 10.9. The lowest BCUT2D eigenvalue weighted by Gasteiger charge is -2.22. The minimum Gasteiger partial charge on any atom is -0.370 e. The zero-order chi connectivity index (χ0) is 12.8. The van der Waals surface area contributed by atoms with Crippen LogP contribution in [0.2, 0.25) is 0 Å². The Kier molecular flexibility index (Phi) is 4.52. The first-order valence-corrected chi connectivity index (χ1v) is 6.46. The first-order valence-electron chi connectivity index (χ1n) is 6.46. The molecule has 1 atom stereocenters. The van der Waals surface area contributed by atoms with Gasteiger partial charge in [-0.25, -0.2) is 4.98 Å². The number of hydrogen-bond donors (Lipinski definition) is 3. The van der Waals surface area contributed by atoms with Crippen molar-refractivity contribution < 1.29 is 4.79 Å². The molecular weight excluding hydrogens is 228 g/mol. The zero-order valence-electron chi connectivity index (χ0n) is 10.5. The lowest BCUT2D eigenvalue weighted by Crippen LogP contribution is -2.30. The summed E-state index contributed by atoms with van der Waals surface area (Å²) < 4.78 is 0. The summed E-state index contributed by atoms with van der Waals surface area (Å²) >= 11 is 0. The van der Waals surface area contributed by atoms with E-state index in [0.717, 1.165) is 37.8 Å². The Morgan fingerprint density at radius 3 is 3.06 bits per heavy atom. The molecule has 1 saturated heterocycles. The zero-order valence-corrected chi connectivity index (χ0v) is 10.5. The van der Waals surface area contributed by atoms with Crippen LogP contribution in [0.25, 0.3) is 0 Å². The molecule has 0 saturated carbocycles. The lowest BCUT2D eigenvalue weighted by molar-refractivity contribution is 0.1000. The van der Waals surface area contributed by atoms with Gasteiger partial charge in [-0.15, -0.1) is 0 Å². The summed E-state index contributed by atoms with van der Waals surface area (Å²) in [6.07, 6.45) is 5.23. The number of nitrogens with two attached hydrogens (primary N) is 1. The van der Waals surface area contributed by atoms with Gasteiger partial charge in [0, 0.05) is 12.7 Å². The molecule has 1 aliphatic heterocycles. The number of rotatable bonds is 5. The van der Waals surface area contributed by atoms with Gasteiger partial charge in [0.1, 0.15) is 5.82 Å². The Hall–Kier alpha value is -1.62. The van der Waals surface area contributed by atoms with Gasteiger partial charge in [0.05, 0.1) is 5.56 Å². The Morgan fingerprint density at radius 2 is 2.44 bits per heavy atom. The third-order valence-corrected chi connectivity index (χ3v) is 3.31. The van der Waals surface area contributed by atoms with Crippen LogP contribution in [0, 0.1) is 5.92 Å². The molecule has 0 aromatic carbocycles. The summed E-state index contributed by atoms with van der Waals surface area (Å²) in [6.45, 7) is 3.19. The van der Waals surface area contributed by atoms with Crippen LogP contribution in [0.5, 0.6) is 0 Å². The fourth-order valence-electron chi connectivity index (χ4n) is 2.22. The van der Waals surface area contributed by atoms with Crippen LogP contribution in [0.3, 0.4) is 0 Å². The summed E-state index contributed by atoms with van der Waals surface area (Å²) in [7, 11) is 0. The Bertz CT molecular complexity index is 384. The average molecular weight is 248 g/mol. The summed E-state index contributed by atoms with van der Waals surface area (Å²) in [6, 6.07) is 3.49. The third-order valence-electron chi connectivity index (χ3n) is 3.31. The molecule has 1 amide bonds. The molecule has 1 aliphatic rings. The van der Waals surface area contributed by atoms with Crippen molar-refractivity contribution in [3.8, 4) is 0 Å². The summed E-state index contributed by atoms with van der Waals surface area (Å²) in [5, 5.41) is 6.68. The molecule has 2 heterocycles. The van der Waals surface area contributed by atoms with Crippen molar-refractivity contribution in [1.29, 1.82) is 0 Å². The van der Waals surface area contributed by atoms with Gasteiger partial charge in [0.2, 0.25) is 5.91 Å². The van der Waals surface area contributed by atoms with E-state index in [4.69, 9.17) is 5.73 Å². The lowest BCUT2D eigenvalue weighted by atomic mass is 9.96. The SMILES string of the molecule is NC(=O)c1ccc(NCCC2CCCNC2)nc1. The van der Waals surface area contributed by atoms with Crippen molar-refractivity contribution in [2.45, 2.75) is 19.3 Å². The van der Waals surface area contributed by atoms with Crippen LogP contribution in [-0.4, -0.2) is 30.5 Å². The highest BCUT2D eigenvalue weighted by atomic mass is 16.1. The number of carbonyl (C=O) groups excluding carboxylic acids is 1. The molecule has 1 unspecified atom stereocenters. The summed E-state index contributed by atoms with van der Waals surface area (Å²) in [5.41, 5.74) is 5.60. The predicted octanol–water partition coefficient (Wildman–Crippen LogP) is 0.982. The summed E-state index contributed by atoms with van der Waals surface area (Å²) in [4.78, 5) is 15.0. The fourth-order valence-corrected chi connectivity index (χ4v) is 2.22. The molecule has 98 valence electrons. The highest BCUT2D eigenvalue weighted by molar-refractivity contribution is 5.92.